The monoisotopic (exact) mass is 746 g/mol. The smallest absolute Gasteiger partial charge is 0.462 e. The molecule has 8 atom stereocenters. The third-order valence-electron chi connectivity index (χ3n) is 6.91. The van der Waals surface area contributed by atoms with Gasteiger partial charge in [-0.3, -0.25) is 27.7 Å². The van der Waals surface area contributed by atoms with Crippen molar-refractivity contribution >= 4 is 35.4 Å². The predicted molar refractivity (Wildman–Crippen MR) is 160 cm³/mol. The van der Waals surface area contributed by atoms with Crippen LogP contribution in [0.3, 0.4) is 0 Å². The third-order valence-corrected chi connectivity index (χ3v) is 8.93. The zero-order chi connectivity index (χ0) is 35.8. The van der Waals surface area contributed by atoms with Gasteiger partial charge in [0, 0.05) is 12.8 Å². The van der Waals surface area contributed by atoms with Crippen LogP contribution in [-0.4, -0.2) is 108 Å². The highest BCUT2D eigenvalue weighted by molar-refractivity contribution is 7.47. The minimum Gasteiger partial charge on any atom is -0.462 e. The number of hydrogen-bond acceptors (Lipinski definition) is 14. The van der Waals surface area contributed by atoms with Gasteiger partial charge in [-0.25, -0.2) is 13.7 Å². The molecule has 0 bridgehead atoms. The van der Waals surface area contributed by atoms with Crippen molar-refractivity contribution in [2.75, 3.05) is 13.2 Å². The van der Waals surface area contributed by atoms with Crippen LogP contribution >= 0.6 is 23.5 Å². The van der Waals surface area contributed by atoms with Gasteiger partial charge >= 0.3 is 35.4 Å². The summed E-state index contributed by atoms with van der Waals surface area (Å²) in [6, 6.07) is 0. The first kappa shape index (κ1) is 44.2. The Bertz CT molecular complexity index is 1040. The second-order valence-electron chi connectivity index (χ2n) is 11.1. The quantitative estimate of drug-likeness (QED) is 0.0396. The average molecular weight is 747 g/mol. The number of aliphatic hydroxyl groups excluding tert-OH is 3. The summed E-state index contributed by atoms with van der Waals surface area (Å²) in [5.74, 6) is -1.34. The molecule has 1 aliphatic rings. The number of carbonyl (C=O) groups excluding carboxylic acids is 2. The number of phosphoric acid groups is 3. The number of aliphatic hydroxyl groups is 3. The zero-order valence-corrected chi connectivity index (χ0v) is 29.0. The molecule has 22 heteroatoms. The molecule has 0 heterocycles. The zero-order valence-electron chi connectivity index (χ0n) is 26.4. The summed E-state index contributed by atoms with van der Waals surface area (Å²) in [5.41, 5.74) is 0. The topological polar surface area (TPSA) is 303 Å². The maximum Gasteiger partial charge on any atom is 0.472 e. The summed E-state index contributed by atoms with van der Waals surface area (Å²) in [4.78, 5) is 71.6. The van der Waals surface area contributed by atoms with Crippen LogP contribution < -0.4 is 0 Å². The molecule has 1 fully saturated rings. The first-order valence-electron chi connectivity index (χ1n) is 15.3. The van der Waals surface area contributed by atoms with E-state index in [2.05, 4.69) is 9.05 Å². The van der Waals surface area contributed by atoms with Crippen LogP contribution in [0.2, 0.25) is 0 Å². The molecule has 0 aromatic carbocycles. The van der Waals surface area contributed by atoms with Crippen LogP contribution in [0.25, 0.3) is 0 Å². The SMILES string of the molecule is CCCCCCCC(=O)OC[C@H](COP(=O)(O)OC1[C@@H](O)[C@@H](OP(=O)(O)O)C(O)[C@@H](OP(=O)(O)O)[C@H]1O)OC(=O)CCCCCCC. The Kier molecular flexibility index (Phi) is 20.1. The van der Waals surface area contributed by atoms with Crippen LogP contribution in [-0.2, 0) is 50.9 Å². The predicted octanol–water partition coefficient (Wildman–Crippen LogP) is 1.72. The highest BCUT2D eigenvalue weighted by Gasteiger charge is 2.56. The van der Waals surface area contributed by atoms with Crippen molar-refractivity contribution in [2.24, 2.45) is 0 Å². The van der Waals surface area contributed by atoms with Crippen LogP contribution in [0.4, 0.5) is 0 Å². The van der Waals surface area contributed by atoms with Crippen LogP contribution in [0, 0.1) is 0 Å². The second-order valence-corrected chi connectivity index (χ2v) is 14.8. The van der Waals surface area contributed by atoms with Crippen molar-refractivity contribution in [3.8, 4) is 0 Å². The van der Waals surface area contributed by atoms with E-state index in [4.69, 9.17) is 38.1 Å². The molecule has 0 amide bonds. The molecule has 1 saturated carbocycles. The molecule has 1 rings (SSSR count). The number of ether oxygens (including phenoxy) is 2. The summed E-state index contributed by atoms with van der Waals surface area (Å²) in [6.07, 6.45) is -7.85. The molecule has 0 radical (unpaired) electrons. The van der Waals surface area contributed by atoms with Crippen LogP contribution in [0.15, 0.2) is 0 Å². The standard InChI is InChI=1S/C25H49O19P3/c1-3-5-7-9-11-13-18(26)39-15-17(41-19(27)14-12-10-8-6-4-2)16-40-47(37,38)44-25-21(29)23(42-45(31,32)33)20(28)24(22(25)30)43-46(34,35)36/h17,20-25,28-30H,3-16H2,1-2H3,(H,37,38)(H2,31,32,33)(H2,34,35,36)/t17-,20?,21-,22+,23-,24+,25?/m1/s1. The summed E-state index contributed by atoms with van der Waals surface area (Å²) in [7, 11) is -16.5. The van der Waals surface area contributed by atoms with Gasteiger partial charge in [0.25, 0.3) is 0 Å². The number of phosphoric ester groups is 3. The van der Waals surface area contributed by atoms with Gasteiger partial charge in [0.15, 0.2) is 6.10 Å². The van der Waals surface area contributed by atoms with Crippen LogP contribution in [0.5, 0.6) is 0 Å². The van der Waals surface area contributed by atoms with Crippen molar-refractivity contribution in [1.82, 2.24) is 0 Å². The van der Waals surface area contributed by atoms with E-state index in [1.807, 2.05) is 13.8 Å². The minimum atomic E-state index is -5.53. The number of hydrogen-bond donors (Lipinski definition) is 8. The van der Waals surface area contributed by atoms with Gasteiger partial charge in [-0.2, -0.15) is 0 Å². The molecule has 3 unspecified atom stereocenters. The lowest BCUT2D eigenvalue weighted by Crippen LogP contribution is -2.65. The average Bonchev–Trinajstić information content (AvgIpc) is 2.96. The van der Waals surface area contributed by atoms with Gasteiger partial charge in [-0.05, 0) is 12.8 Å². The van der Waals surface area contributed by atoms with Crippen molar-refractivity contribution in [2.45, 2.75) is 134 Å². The van der Waals surface area contributed by atoms with E-state index in [9.17, 15) is 43.5 Å². The summed E-state index contributed by atoms with van der Waals surface area (Å²) in [5, 5.41) is 31.4. The van der Waals surface area contributed by atoms with E-state index in [1.165, 1.54) is 0 Å². The second kappa shape index (κ2) is 21.4. The Balaban J connectivity index is 3.01. The molecule has 47 heavy (non-hydrogen) atoms. The van der Waals surface area contributed by atoms with Gasteiger partial charge < -0.3 is 49.3 Å². The van der Waals surface area contributed by atoms with Crippen molar-refractivity contribution in [3.05, 3.63) is 0 Å². The fourth-order valence-electron chi connectivity index (χ4n) is 4.58. The molecular formula is C25H49O19P3. The van der Waals surface area contributed by atoms with Gasteiger partial charge in [0.1, 0.15) is 43.2 Å². The largest absolute Gasteiger partial charge is 0.472 e. The highest BCUT2D eigenvalue weighted by atomic mass is 31.2. The highest BCUT2D eigenvalue weighted by Crippen LogP contribution is 2.51. The van der Waals surface area contributed by atoms with Gasteiger partial charge in [0.05, 0.1) is 6.61 Å². The summed E-state index contributed by atoms with van der Waals surface area (Å²) in [6.45, 7) is 2.56. The molecule has 0 saturated heterocycles. The maximum atomic E-state index is 12.9. The Morgan fingerprint density at radius 2 is 1.00 bits per heavy atom. The number of rotatable bonds is 24. The van der Waals surface area contributed by atoms with E-state index in [-0.39, 0.29) is 12.8 Å². The maximum absolute atomic E-state index is 12.9. The molecule has 19 nitrogen and oxygen atoms in total. The van der Waals surface area contributed by atoms with E-state index in [1.54, 1.807) is 0 Å². The number of esters is 2. The normalized spacial score (nSPS) is 25.6. The summed E-state index contributed by atoms with van der Waals surface area (Å²) < 4.78 is 64.2. The molecular weight excluding hydrogens is 697 g/mol. The van der Waals surface area contributed by atoms with Gasteiger partial charge in [-0.1, -0.05) is 65.2 Å². The molecule has 0 spiro atoms. The molecule has 278 valence electrons. The van der Waals surface area contributed by atoms with Gasteiger partial charge in [-0.15, -0.1) is 0 Å². The Labute approximate surface area is 272 Å². The lowest BCUT2D eigenvalue weighted by atomic mass is 9.85. The first-order valence-corrected chi connectivity index (χ1v) is 19.9. The number of carbonyl (C=O) groups is 2. The van der Waals surface area contributed by atoms with E-state index in [0.29, 0.717) is 12.8 Å². The van der Waals surface area contributed by atoms with Gasteiger partial charge in [0.2, 0.25) is 0 Å². The molecule has 0 aliphatic heterocycles. The first-order chi connectivity index (χ1) is 21.8. The Morgan fingerprint density at radius 3 is 1.43 bits per heavy atom. The van der Waals surface area contributed by atoms with E-state index < -0.39 is 91.3 Å². The molecule has 0 aromatic rings. The van der Waals surface area contributed by atoms with Crippen molar-refractivity contribution < 1.29 is 90.6 Å². The van der Waals surface area contributed by atoms with Crippen molar-refractivity contribution in [1.29, 1.82) is 0 Å². The Hall–Kier alpha value is -0.850. The van der Waals surface area contributed by atoms with E-state index >= 15 is 0 Å². The molecule has 1 aliphatic carbocycles. The minimum absolute atomic E-state index is 0.0103. The van der Waals surface area contributed by atoms with Crippen molar-refractivity contribution in [3.63, 3.8) is 0 Å². The molecule has 8 N–H and O–H groups in total. The lowest BCUT2D eigenvalue weighted by molar-refractivity contribution is -0.213. The fraction of sp³-hybridized carbons (Fsp3) is 0.920. The van der Waals surface area contributed by atoms with Crippen LogP contribution in [0.1, 0.15) is 90.9 Å². The van der Waals surface area contributed by atoms with E-state index in [0.717, 1.165) is 51.4 Å². The fourth-order valence-corrected chi connectivity index (χ4v) is 6.69. The number of unbranched alkanes of at least 4 members (excludes halogenated alkanes) is 8. The third kappa shape index (κ3) is 18.6. The lowest BCUT2D eigenvalue weighted by Gasteiger charge is -2.44. The Morgan fingerprint density at radius 1 is 0.596 bits per heavy atom. The summed E-state index contributed by atoms with van der Waals surface area (Å²) >= 11 is 0. The molecule has 0 aromatic heterocycles.